The second-order valence-corrected chi connectivity index (χ2v) is 26.2. The van der Waals surface area contributed by atoms with Crippen LogP contribution in [0.1, 0.15) is 119 Å². The van der Waals surface area contributed by atoms with Crippen molar-refractivity contribution in [1.82, 2.24) is 0 Å². The van der Waals surface area contributed by atoms with Crippen LogP contribution in [0.5, 0.6) is 0 Å². The molecule has 0 aliphatic heterocycles. The van der Waals surface area contributed by atoms with Crippen LogP contribution < -0.4 is 9.80 Å². The Balaban J connectivity index is 0.763. The largest absolute Gasteiger partial charge is 0.338 e. The number of allylic oxidation sites excluding steroid dienone is 4. The zero-order valence-electron chi connectivity index (χ0n) is 52.7. The maximum absolute atomic E-state index is 3.97. The fourth-order valence-electron chi connectivity index (χ4n) is 14.4. The van der Waals surface area contributed by atoms with E-state index in [1.54, 1.807) is 0 Å². The maximum Gasteiger partial charge on any atom is 0.0466 e. The molecule has 0 spiro atoms. The van der Waals surface area contributed by atoms with Gasteiger partial charge in [-0.25, -0.2) is 0 Å². The number of rotatable bonds is 13. The Bertz CT molecular complexity index is 4640. The summed E-state index contributed by atoms with van der Waals surface area (Å²) in [4.78, 5) is 4.90. The molecule has 0 amide bonds. The normalized spacial score (nSPS) is 14.1. The van der Waals surface area contributed by atoms with Gasteiger partial charge in [0.05, 0.1) is 0 Å². The van der Waals surface area contributed by atoms with E-state index in [1.807, 2.05) is 6.08 Å². The predicted molar refractivity (Wildman–Crippen MR) is 379 cm³/mol. The first-order valence-corrected chi connectivity index (χ1v) is 30.9. The van der Waals surface area contributed by atoms with Crippen LogP contribution in [0.15, 0.2) is 224 Å². The third-order valence-corrected chi connectivity index (χ3v) is 18.6. The highest BCUT2D eigenvalue weighted by Gasteiger charge is 2.38. The van der Waals surface area contributed by atoms with Crippen LogP contribution >= 0.6 is 0 Å². The molecule has 13 rings (SSSR count). The molecule has 0 radical (unpaired) electrons. The molecule has 2 nitrogen and oxygen atoms in total. The van der Waals surface area contributed by atoms with E-state index in [0.29, 0.717) is 0 Å². The van der Waals surface area contributed by atoms with Crippen LogP contribution in [0.25, 0.3) is 78.9 Å². The van der Waals surface area contributed by atoms with Crippen LogP contribution in [0.3, 0.4) is 0 Å². The molecule has 0 saturated heterocycles. The Labute approximate surface area is 516 Å². The maximum atomic E-state index is 3.97. The summed E-state index contributed by atoms with van der Waals surface area (Å²) in [6.07, 6.45) is 15.6. The average Bonchev–Trinajstić information content (AvgIpc) is 2.23. The number of fused-ring (bicyclic) bond motifs is 12. The Hall–Kier alpha value is -9.50. The van der Waals surface area contributed by atoms with Crippen molar-refractivity contribution in [2.75, 3.05) is 16.3 Å². The van der Waals surface area contributed by atoms with Crippen LogP contribution in [0, 0.1) is 41.5 Å². The quantitative estimate of drug-likeness (QED) is 0.0645. The smallest absolute Gasteiger partial charge is 0.0466 e. The SMILES string of the molecule is C=C/C(C)=C\C(C)=C/CN(c1cc(C)cc(C)c1)c1ccc2c(c1)C(C)(C)c1cc(/C=C/c3ccc4c5ccc(/C=C/c6ccc7c(c6)C(C)(C)c6cc(N(c8cc(C)cc(C)c8)c8cc(C)cc(C)c8)ccc6-7)cc5c5ccccc5c4c3)ccc1-2. The van der Waals surface area contributed by atoms with Gasteiger partial charge in [-0.3, -0.25) is 0 Å². The van der Waals surface area contributed by atoms with Gasteiger partial charge in [0.2, 0.25) is 0 Å². The standard InChI is InChI=1S/C85H78N2/c1-14-53(2)37-54(3)35-36-86(67-41-55(4)38-56(5)42-67)65-27-33-76-74-31-25-63(49-80(74)84(10,11)82(76)51-65)21-19-61-23-29-72-73-30-24-62(48-79(73)71-18-16-15-17-70(71)78(72)47-61)20-22-64-26-32-75-77-34-28-66(52-83(77)85(12,13)81(75)50-64)87(68-43-57(6)39-58(7)44-68)69-45-59(8)40-60(9)46-69/h14-35,37-52H,1,36H2,2-13H3/b21-19+,22-20+,53-37-,54-35-. The second-order valence-electron chi connectivity index (χ2n) is 26.2. The lowest BCUT2D eigenvalue weighted by atomic mass is 9.81. The van der Waals surface area contributed by atoms with Crippen molar-refractivity contribution in [3.8, 4) is 22.3 Å². The lowest BCUT2D eigenvalue weighted by molar-refractivity contribution is 0.660. The molecule has 0 bridgehead atoms. The zero-order chi connectivity index (χ0) is 60.6. The van der Waals surface area contributed by atoms with Crippen molar-refractivity contribution in [2.24, 2.45) is 0 Å². The molecule has 0 N–H and O–H groups in total. The lowest BCUT2D eigenvalue weighted by Crippen LogP contribution is -2.20. The number of aryl methyl sites for hydroxylation is 6. The van der Waals surface area contributed by atoms with Gasteiger partial charge in [0, 0.05) is 45.8 Å². The number of nitrogens with zero attached hydrogens (tertiary/aromatic N) is 2. The molecular formula is C85H78N2. The molecule has 11 aromatic rings. The molecule has 0 atom stereocenters. The van der Waals surface area contributed by atoms with E-state index >= 15 is 0 Å². The van der Waals surface area contributed by atoms with Gasteiger partial charge < -0.3 is 9.80 Å². The first-order valence-electron chi connectivity index (χ1n) is 30.9. The Morgan fingerprint density at radius 2 is 0.713 bits per heavy atom. The van der Waals surface area contributed by atoms with Crippen molar-refractivity contribution in [1.29, 1.82) is 0 Å². The zero-order valence-corrected chi connectivity index (χ0v) is 52.7. The van der Waals surface area contributed by atoms with Crippen LogP contribution in [0.4, 0.5) is 28.4 Å². The molecule has 0 aromatic heterocycles. The molecule has 2 heteroatoms. The minimum atomic E-state index is -0.190. The van der Waals surface area contributed by atoms with Gasteiger partial charge in [0.1, 0.15) is 0 Å². The number of benzene rings is 11. The molecule has 2 aliphatic carbocycles. The fraction of sp³-hybridized carbons (Fsp3) is 0.176. The summed E-state index contributed by atoms with van der Waals surface area (Å²) in [6.45, 7) is 31.7. The Morgan fingerprint density at radius 3 is 1.15 bits per heavy atom. The highest BCUT2D eigenvalue weighted by molar-refractivity contribution is 6.26. The minimum Gasteiger partial charge on any atom is -0.338 e. The van der Waals surface area contributed by atoms with Gasteiger partial charge in [0.15, 0.2) is 0 Å². The molecule has 11 aromatic carbocycles. The summed E-state index contributed by atoms with van der Waals surface area (Å²) >= 11 is 0. The third kappa shape index (κ3) is 10.6. The molecule has 2 aliphatic rings. The average molecular weight is 1130 g/mol. The summed E-state index contributed by atoms with van der Waals surface area (Å²) in [6, 6.07) is 71.8. The Kier molecular flexibility index (Phi) is 14.4. The number of anilines is 5. The summed E-state index contributed by atoms with van der Waals surface area (Å²) in [5.74, 6) is 0. The summed E-state index contributed by atoms with van der Waals surface area (Å²) in [5, 5.41) is 7.61. The number of hydrogen-bond donors (Lipinski definition) is 0. The lowest BCUT2D eigenvalue weighted by Gasteiger charge is -2.29. The number of hydrogen-bond acceptors (Lipinski definition) is 2. The van der Waals surface area contributed by atoms with Crippen molar-refractivity contribution < 1.29 is 0 Å². The summed E-state index contributed by atoms with van der Waals surface area (Å²) in [7, 11) is 0. The molecule has 0 saturated carbocycles. The summed E-state index contributed by atoms with van der Waals surface area (Å²) < 4.78 is 0. The van der Waals surface area contributed by atoms with E-state index in [0.717, 1.165) is 12.1 Å². The van der Waals surface area contributed by atoms with Crippen LogP contribution in [-0.2, 0) is 10.8 Å². The topological polar surface area (TPSA) is 6.48 Å². The molecular weight excluding hydrogens is 1050 g/mol. The van der Waals surface area contributed by atoms with Gasteiger partial charge in [-0.1, -0.05) is 203 Å². The molecule has 0 heterocycles. The minimum absolute atomic E-state index is 0.182. The van der Waals surface area contributed by atoms with E-state index in [1.165, 1.54) is 166 Å². The van der Waals surface area contributed by atoms with Gasteiger partial charge >= 0.3 is 0 Å². The van der Waals surface area contributed by atoms with Crippen LogP contribution in [-0.4, -0.2) is 6.54 Å². The molecule has 428 valence electrons. The van der Waals surface area contributed by atoms with Crippen molar-refractivity contribution in [2.45, 2.75) is 93.9 Å². The van der Waals surface area contributed by atoms with Gasteiger partial charge in [-0.05, 0) is 261 Å². The van der Waals surface area contributed by atoms with Crippen molar-refractivity contribution >= 4 is 85.1 Å². The first kappa shape index (κ1) is 56.6. The fourth-order valence-corrected chi connectivity index (χ4v) is 14.4. The van der Waals surface area contributed by atoms with E-state index < -0.39 is 0 Å². The monoisotopic (exact) mass is 1130 g/mol. The molecule has 0 fully saturated rings. The van der Waals surface area contributed by atoms with Crippen molar-refractivity contribution in [3.63, 3.8) is 0 Å². The van der Waals surface area contributed by atoms with Gasteiger partial charge in [-0.2, -0.15) is 0 Å². The van der Waals surface area contributed by atoms with Crippen molar-refractivity contribution in [3.05, 3.63) is 302 Å². The molecule has 87 heavy (non-hydrogen) atoms. The third-order valence-electron chi connectivity index (χ3n) is 18.6. The highest BCUT2D eigenvalue weighted by Crippen LogP contribution is 2.53. The highest BCUT2D eigenvalue weighted by atomic mass is 15.1. The van der Waals surface area contributed by atoms with E-state index in [-0.39, 0.29) is 10.8 Å². The summed E-state index contributed by atoms with van der Waals surface area (Å²) in [5.41, 5.74) is 31.0. The van der Waals surface area contributed by atoms with Gasteiger partial charge in [-0.15, -0.1) is 0 Å². The van der Waals surface area contributed by atoms with E-state index in [9.17, 15) is 0 Å². The second kappa shape index (κ2) is 22.1. The van der Waals surface area contributed by atoms with E-state index in [2.05, 4.69) is 324 Å². The van der Waals surface area contributed by atoms with E-state index in [4.69, 9.17) is 0 Å². The van der Waals surface area contributed by atoms with Crippen LogP contribution in [0.2, 0.25) is 0 Å². The van der Waals surface area contributed by atoms with Gasteiger partial charge in [0.25, 0.3) is 0 Å². The Morgan fingerprint density at radius 1 is 0.356 bits per heavy atom. The molecule has 0 unspecified atom stereocenters. The first-order chi connectivity index (χ1) is 41.8. The predicted octanol–water partition coefficient (Wildman–Crippen LogP) is 23.6.